The molecule has 1 aromatic rings. The van der Waals surface area contributed by atoms with Gasteiger partial charge in [-0.3, -0.25) is 4.90 Å². The molecular weight excluding hydrogens is 283 g/mol. The Morgan fingerprint density at radius 1 is 1.24 bits per heavy atom. The molecule has 0 aliphatic carbocycles. The van der Waals surface area contributed by atoms with Crippen molar-refractivity contribution in [3.05, 3.63) is 17.9 Å². The minimum atomic E-state index is -3.05. The Morgan fingerprint density at radius 3 is 2.81 bits per heavy atom. The van der Waals surface area contributed by atoms with Crippen molar-refractivity contribution < 1.29 is 17.9 Å². The van der Waals surface area contributed by atoms with E-state index in [0.717, 1.165) is 38.7 Å². The first-order valence-electron chi connectivity index (χ1n) is 7.07. The van der Waals surface area contributed by atoms with Crippen molar-refractivity contribution in [2.45, 2.75) is 25.5 Å². The van der Waals surface area contributed by atoms with Crippen LogP contribution in [0.2, 0.25) is 0 Å². The summed E-state index contributed by atoms with van der Waals surface area (Å²) in [7, 11) is 0. The molecule has 1 atom stereocenters. The number of anilines is 2. The topological polar surface area (TPSA) is 41.7 Å². The average Bonchev–Trinajstić information content (AvgIpc) is 2.88. The number of halogens is 3. The lowest BCUT2D eigenvalue weighted by atomic mass is 10.1. The number of fused-ring (bicyclic) bond motifs is 1. The fourth-order valence-electron chi connectivity index (χ4n) is 3.23. The molecule has 2 aliphatic heterocycles. The summed E-state index contributed by atoms with van der Waals surface area (Å²) in [5.74, 6) is -1.32. The second kappa shape index (κ2) is 5.63. The summed E-state index contributed by atoms with van der Waals surface area (Å²) < 4.78 is 42.4. The van der Waals surface area contributed by atoms with Crippen LogP contribution in [0.1, 0.15) is 12.8 Å². The zero-order valence-electron chi connectivity index (χ0n) is 11.6. The van der Waals surface area contributed by atoms with Crippen molar-refractivity contribution in [2.24, 2.45) is 0 Å². The standard InChI is InChI=1S/C14H18F3N3O/c15-10-6-11(18)12(7-13(10)21-14(16)17)20-5-4-19-3-1-2-9(19)8-20/h6-7,9,14H,1-5,8,18H2. The molecule has 2 N–H and O–H groups in total. The summed E-state index contributed by atoms with van der Waals surface area (Å²) in [6.45, 7) is 0.497. The third kappa shape index (κ3) is 2.88. The second-order valence-corrected chi connectivity index (χ2v) is 5.50. The van der Waals surface area contributed by atoms with Crippen molar-refractivity contribution in [3.8, 4) is 5.75 Å². The molecule has 2 saturated heterocycles. The normalized spacial score (nSPS) is 22.7. The van der Waals surface area contributed by atoms with E-state index in [1.54, 1.807) is 0 Å². The Balaban J connectivity index is 1.83. The van der Waals surface area contributed by atoms with Crippen LogP contribution < -0.4 is 15.4 Å². The highest BCUT2D eigenvalue weighted by molar-refractivity contribution is 5.70. The van der Waals surface area contributed by atoms with E-state index in [2.05, 4.69) is 9.64 Å². The van der Waals surface area contributed by atoms with Crippen molar-refractivity contribution in [2.75, 3.05) is 36.8 Å². The van der Waals surface area contributed by atoms with E-state index in [1.807, 2.05) is 4.90 Å². The molecule has 116 valence electrons. The lowest BCUT2D eigenvalue weighted by molar-refractivity contribution is -0.0521. The number of alkyl halides is 2. The van der Waals surface area contributed by atoms with Crippen LogP contribution in [0.4, 0.5) is 24.5 Å². The number of benzene rings is 1. The highest BCUT2D eigenvalue weighted by Crippen LogP contribution is 2.34. The maximum atomic E-state index is 13.6. The highest BCUT2D eigenvalue weighted by atomic mass is 19.3. The summed E-state index contributed by atoms with van der Waals surface area (Å²) in [6, 6.07) is 2.79. The summed E-state index contributed by atoms with van der Waals surface area (Å²) in [4.78, 5) is 4.45. The van der Waals surface area contributed by atoms with Crippen LogP contribution in [0.25, 0.3) is 0 Å². The second-order valence-electron chi connectivity index (χ2n) is 5.50. The van der Waals surface area contributed by atoms with E-state index in [-0.39, 0.29) is 5.69 Å². The van der Waals surface area contributed by atoms with Gasteiger partial charge >= 0.3 is 6.61 Å². The summed E-state index contributed by atoms with van der Waals surface area (Å²) in [6.07, 6.45) is 2.30. The van der Waals surface area contributed by atoms with Crippen LogP contribution >= 0.6 is 0 Å². The lowest BCUT2D eigenvalue weighted by Crippen LogP contribution is -2.50. The zero-order chi connectivity index (χ0) is 15.0. The quantitative estimate of drug-likeness (QED) is 0.870. The van der Waals surface area contributed by atoms with Gasteiger partial charge in [0.2, 0.25) is 0 Å². The molecule has 7 heteroatoms. The first-order valence-corrected chi connectivity index (χ1v) is 7.07. The monoisotopic (exact) mass is 301 g/mol. The first kappa shape index (κ1) is 14.3. The van der Waals surface area contributed by atoms with Gasteiger partial charge in [-0.15, -0.1) is 0 Å². The van der Waals surface area contributed by atoms with E-state index in [4.69, 9.17) is 5.73 Å². The molecule has 1 unspecified atom stereocenters. The van der Waals surface area contributed by atoms with E-state index in [0.29, 0.717) is 11.7 Å². The lowest BCUT2D eigenvalue weighted by Gasteiger charge is -2.39. The number of ether oxygens (including phenoxy) is 1. The number of nitrogens with zero attached hydrogens (tertiary/aromatic N) is 2. The van der Waals surface area contributed by atoms with Gasteiger partial charge in [0.25, 0.3) is 0 Å². The molecule has 0 radical (unpaired) electrons. The van der Waals surface area contributed by atoms with Crippen molar-refractivity contribution >= 4 is 11.4 Å². The third-order valence-electron chi connectivity index (χ3n) is 4.23. The predicted molar refractivity (Wildman–Crippen MR) is 74.3 cm³/mol. The molecule has 1 aromatic carbocycles. The Morgan fingerprint density at radius 2 is 2.05 bits per heavy atom. The minimum Gasteiger partial charge on any atom is -0.432 e. The fraction of sp³-hybridized carbons (Fsp3) is 0.571. The van der Waals surface area contributed by atoms with E-state index in [1.165, 1.54) is 12.5 Å². The number of hydrogen-bond acceptors (Lipinski definition) is 4. The number of piperazine rings is 1. The molecule has 2 aliphatic rings. The van der Waals surface area contributed by atoms with Crippen molar-refractivity contribution in [1.29, 1.82) is 0 Å². The molecule has 0 amide bonds. The predicted octanol–water partition coefficient (Wildman–Crippen LogP) is 2.29. The highest BCUT2D eigenvalue weighted by Gasteiger charge is 2.31. The number of nitrogens with two attached hydrogens (primary N) is 1. The molecule has 0 saturated carbocycles. The van der Waals surface area contributed by atoms with Gasteiger partial charge in [-0.05, 0) is 19.4 Å². The minimum absolute atomic E-state index is 0.251. The van der Waals surface area contributed by atoms with Crippen LogP contribution in [0.5, 0.6) is 5.75 Å². The van der Waals surface area contributed by atoms with Gasteiger partial charge in [-0.2, -0.15) is 8.78 Å². The van der Waals surface area contributed by atoms with Crippen molar-refractivity contribution in [1.82, 2.24) is 4.90 Å². The van der Waals surface area contributed by atoms with Gasteiger partial charge < -0.3 is 15.4 Å². The molecule has 0 aromatic heterocycles. The van der Waals surface area contributed by atoms with Gasteiger partial charge in [0.15, 0.2) is 11.6 Å². The number of hydrogen-bond donors (Lipinski definition) is 1. The molecule has 0 bridgehead atoms. The average molecular weight is 301 g/mol. The molecule has 3 rings (SSSR count). The van der Waals surface area contributed by atoms with Gasteiger partial charge in [0.1, 0.15) is 0 Å². The number of nitrogen functional groups attached to an aromatic ring is 1. The molecular formula is C14H18F3N3O. The maximum absolute atomic E-state index is 13.6. The third-order valence-corrected chi connectivity index (χ3v) is 4.23. The van der Waals surface area contributed by atoms with Gasteiger partial charge in [0.05, 0.1) is 11.4 Å². The van der Waals surface area contributed by atoms with Gasteiger partial charge in [0, 0.05) is 37.8 Å². The van der Waals surface area contributed by atoms with Gasteiger partial charge in [-0.1, -0.05) is 0 Å². The Bertz CT molecular complexity index is 526. The molecule has 2 heterocycles. The zero-order valence-corrected chi connectivity index (χ0v) is 11.6. The van der Waals surface area contributed by atoms with E-state index in [9.17, 15) is 13.2 Å². The summed E-state index contributed by atoms with van der Waals surface area (Å²) in [5.41, 5.74) is 6.67. The molecule has 0 spiro atoms. The SMILES string of the molecule is Nc1cc(F)c(OC(F)F)cc1N1CCN2CCCC2C1. The first-order chi connectivity index (χ1) is 10.0. The van der Waals surface area contributed by atoms with Crippen LogP contribution in [-0.4, -0.2) is 43.7 Å². The Kier molecular flexibility index (Phi) is 3.84. The molecule has 2 fully saturated rings. The van der Waals surface area contributed by atoms with E-state index < -0.39 is 18.2 Å². The smallest absolute Gasteiger partial charge is 0.387 e. The summed E-state index contributed by atoms with van der Waals surface area (Å²) >= 11 is 0. The Labute approximate surface area is 121 Å². The van der Waals surface area contributed by atoms with Crippen LogP contribution in [0.3, 0.4) is 0 Å². The van der Waals surface area contributed by atoms with Crippen LogP contribution in [0.15, 0.2) is 12.1 Å². The molecule has 21 heavy (non-hydrogen) atoms. The maximum Gasteiger partial charge on any atom is 0.387 e. The largest absolute Gasteiger partial charge is 0.432 e. The summed E-state index contributed by atoms with van der Waals surface area (Å²) in [5, 5.41) is 0. The van der Waals surface area contributed by atoms with Crippen LogP contribution in [-0.2, 0) is 0 Å². The Hall–Kier alpha value is -1.63. The van der Waals surface area contributed by atoms with E-state index >= 15 is 0 Å². The van der Waals surface area contributed by atoms with Gasteiger partial charge in [-0.25, -0.2) is 4.39 Å². The number of rotatable bonds is 3. The molecule has 4 nitrogen and oxygen atoms in total. The fourth-order valence-corrected chi connectivity index (χ4v) is 3.23. The van der Waals surface area contributed by atoms with Crippen molar-refractivity contribution in [3.63, 3.8) is 0 Å². The van der Waals surface area contributed by atoms with Crippen LogP contribution in [0, 0.1) is 5.82 Å².